The number of nitrogens with two attached hydrogens (primary N) is 1. The number of nitriles is 1. The van der Waals surface area contributed by atoms with Gasteiger partial charge in [-0.25, -0.2) is 13.6 Å². The molecule has 2 aromatic carbocycles. The van der Waals surface area contributed by atoms with Crippen LogP contribution in [0.1, 0.15) is 5.56 Å². The molecule has 4 N–H and O–H groups in total. The number of methoxy groups -OCH3 is 1. The van der Waals surface area contributed by atoms with Crippen LogP contribution in [0.4, 0.5) is 5.69 Å². The van der Waals surface area contributed by atoms with Gasteiger partial charge in [0.05, 0.1) is 12.0 Å². The van der Waals surface area contributed by atoms with E-state index in [1.54, 1.807) is 12.1 Å². The van der Waals surface area contributed by atoms with Crippen LogP contribution in [0.25, 0.3) is 6.08 Å². The van der Waals surface area contributed by atoms with Gasteiger partial charge < -0.3 is 15.2 Å². The van der Waals surface area contributed by atoms with Gasteiger partial charge in [0.15, 0.2) is 11.5 Å². The predicted molar refractivity (Wildman–Crippen MR) is 94.7 cm³/mol. The van der Waals surface area contributed by atoms with Crippen molar-refractivity contribution in [2.75, 3.05) is 12.4 Å². The molecule has 9 heteroatoms. The number of phenols is 1. The highest BCUT2D eigenvalue weighted by Crippen LogP contribution is 2.27. The van der Waals surface area contributed by atoms with Crippen LogP contribution in [0.3, 0.4) is 0 Å². The van der Waals surface area contributed by atoms with E-state index in [1.807, 2.05) is 0 Å². The first-order chi connectivity index (χ1) is 12.2. The standard InChI is InChI=1S/C17H15N3O5S/c1-25-16-7-2-11(9-15(16)21)8-12(10-18)17(22)20-13-3-5-14(6-4-13)26(19,23)24/h2-9,21H,1H3,(H,20,22)(H2,19,23,24)/b12-8+. The van der Waals surface area contributed by atoms with E-state index in [0.29, 0.717) is 11.3 Å². The summed E-state index contributed by atoms with van der Waals surface area (Å²) >= 11 is 0. The second-order valence-electron chi connectivity index (χ2n) is 5.12. The van der Waals surface area contributed by atoms with E-state index in [1.165, 1.54) is 49.6 Å². The van der Waals surface area contributed by atoms with Gasteiger partial charge in [-0.15, -0.1) is 0 Å². The summed E-state index contributed by atoms with van der Waals surface area (Å²) in [6, 6.07) is 11.4. The van der Waals surface area contributed by atoms with Crippen LogP contribution in [-0.4, -0.2) is 26.5 Å². The molecule has 0 aliphatic heterocycles. The van der Waals surface area contributed by atoms with Gasteiger partial charge in [-0.05, 0) is 48.0 Å². The van der Waals surface area contributed by atoms with Gasteiger partial charge in [-0.3, -0.25) is 4.79 Å². The minimum Gasteiger partial charge on any atom is -0.504 e. The summed E-state index contributed by atoms with van der Waals surface area (Å²) < 4.78 is 27.3. The van der Waals surface area contributed by atoms with Crippen LogP contribution in [0.2, 0.25) is 0 Å². The van der Waals surface area contributed by atoms with E-state index in [0.717, 1.165) is 0 Å². The minimum atomic E-state index is -3.83. The van der Waals surface area contributed by atoms with E-state index < -0.39 is 15.9 Å². The van der Waals surface area contributed by atoms with Gasteiger partial charge in [-0.2, -0.15) is 5.26 Å². The second kappa shape index (κ2) is 7.69. The van der Waals surface area contributed by atoms with Crippen LogP contribution in [0, 0.1) is 11.3 Å². The second-order valence-corrected chi connectivity index (χ2v) is 6.69. The van der Waals surface area contributed by atoms with Crippen molar-refractivity contribution in [1.82, 2.24) is 0 Å². The zero-order chi connectivity index (χ0) is 19.3. The summed E-state index contributed by atoms with van der Waals surface area (Å²) in [6.45, 7) is 0. The maximum atomic E-state index is 12.2. The SMILES string of the molecule is COc1ccc(/C=C(\C#N)C(=O)Nc2ccc(S(N)(=O)=O)cc2)cc1O. The van der Waals surface area contributed by atoms with Gasteiger partial charge >= 0.3 is 0 Å². The first kappa shape index (κ1) is 19.0. The van der Waals surface area contributed by atoms with Crippen LogP contribution >= 0.6 is 0 Å². The van der Waals surface area contributed by atoms with E-state index in [4.69, 9.17) is 9.88 Å². The number of carbonyl (C=O) groups excluding carboxylic acids is 1. The van der Waals surface area contributed by atoms with Crippen molar-refractivity contribution in [1.29, 1.82) is 5.26 Å². The molecule has 2 aromatic rings. The zero-order valence-electron chi connectivity index (χ0n) is 13.6. The van der Waals surface area contributed by atoms with E-state index in [-0.39, 0.29) is 22.0 Å². The predicted octanol–water partition coefficient (Wildman–Crippen LogP) is 1.59. The Morgan fingerprint density at radius 2 is 1.92 bits per heavy atom. The third-order valence-corrected chi connectivity index (χ3v) is 4.25. The lowest BCUT2D eigenvalue weighted by molar-refractivity contribution is -0.112. The molecular formula is C17H15N3O5S. The average Bonchev–Trinajstić information content (AvgIpc) is 2.59. The van der Waals surface area contributed by atoms with Crippen LogP contribution in [0.5, 0.6) is 11.5 Å². The van der Waals surface area contributed by atoms with Gasteiger partial charge in [0.1, 0.15) is 11.6 Å². The monoisotopic (exact) mass is 373 g/mol. The van der Waals surface area contributed by atoms with Crippen LogP contribution < -0.4 is 15.2 Å². The Kier molecular flexibility index (Phi) is 5.61. The number of amides is 1. The molecule has 2 rings (SSSR count). The lowest BCUT2D eigenvalue weighted by Gasteiger charge is -2.06. The largest absolute Gasteiger partial charge is 0.504 e. The van der Waals surface area contributed by atoms with E-state index in [2.05, 4.69) is 5.32 Å². The number of nitrogens with one attached hydrogen (secondary N) is 1. The molecule has 0 radical (unpaired) electrons. The summed E-state index contributed by atoms with van der Waals surface area (Å²) in [5, 5.41) is 26.4. The van der Waals surface area contributed by atoms with Crippen molar-refractivity contribution in [3.63, 3.8) is 0 Å². The maximum absolute atomic E-state index is 12.2. The molecule has 0 unspecified atom stereocenters. The first-order valence-electron chi connectivity index (χ1n) is 7.17. The Morgan fingerprint density at radius 3 is 2.42 bits per heavy atom. The number of nitrogens with zero attached hydrogens (tertiary/aromatic N) is 1. The minimum absolute atomic E-state index is 0.0970. The molecule has 0 fully saturated rings. The fourth-order valence-corrected chi connectivity index (χ4v) is 2.55. The third kappa shape index (κ3) is 4.60. The number of carbonyl (C=O) groups is 1. The van der Waals surface area contributed by atoms with Crippen molar-refractivity contribution in [3.8, 4) is 17.6 Å². The average molecular weight is 373 g/mol. The van der Waals surface area contributed by atoms with Crippen molar-refractivity contribution in [2.24, 2.45) is 5.14 Å². The topological polar surface area (TPSA) is 143 Å². The molecule has 134 valence electrons. The molecule has 0 saturated carbocycles. The maximum Gasteiger partial charge on any atom is 0.266 e. The lowest BCUT2D eigenvalue weighted by atomic mass is 10.1. The number of sulfonamides is 1. The number of rotatable bonds is 5. The summed E-state index contributed by atoms with van der Waals surface area (Å²) in [7, 11) is -2.43. The Labute approximate surface area is 150 Å². The van der Waals surface area contributed by atoms with Crippen molar-refractivity contribution >= 4 is 27.7 Å². The molecule has 8 nitrogen and oxygen atoms in total. The lowest BCUT2D eigenvalue weighted by Crippen LogP contribution is -2.14. The Bertz CT molecular complexity index is 1010. The zero-order valence-corrected chi connectivity index (χ0v) is 14.4. The van der Waals surface area contributed by atoms with E-state index in [9.17, 15) is 23.6 Å². The number of primary sulfonamides is 1. The Balaban J connectivity index is 2.21. The molecule has 0 aliphatic rings. The first-order valence-corrected chi connectivity index (χ1v) is 8.72. The molecule has 0 heterocycles. The fraction of sp³-hybridized carbons (Fsp3) is 0.0588. The number of hydrogen-bond acceptors (Lipinski definition) is 6. The van der Waals surface area contributed by atoms with Crippen LogP contribution in [-0.2, 0) is 14.8 Å². The molecule has 0 spiro atoms. The molecule has 0 saturated heterocycles. The van der Waals surface area contributed by atoms with Crippen LogP contribution in [0.15, 0.2) is 52.9 Å². The Hall–Kier alpha value is -3.35. The van der Waals surface area contributed by atoms with Crippen molar-refractivity contribution < 1.29 is 23.1 Å². The summed E-state index contributed by atoms with van der Waals surface area (Å²) in [5.41, 5.74) is 0.519. The molecule has 1 amide bonds. The Morgan fingerprint density at radius 1 is 1.27 bits per heavy atom. The van der Waals surface area contributed by atoms with Crippen molar-refractivity contribution in [3.05, 3.63) is 53.6 Å². The molecule has 0 bridgehead atoms. The quantitative estimate of drug-likeness (QED) is 0.536. The van der Waals surface area contributed by atoms with Gasteiger partial charge in [-0.1, -0.05) is 6.07 Å². The number of benzene rings is 2. The smallest absolute Gasteiger partial charge is 0.266 e. The highest BCUT2D eigenvalue weighted by atomic mass is 32.2. The van der Waals surface area contributed by atoms with Gasteiger partial charge in [0.25, 0.3) is 5.91 Å². The third-order valence-electron chi connectivity index (χ3n) is 3.32. The molecule has 0 aromatic heterocycles. The number of hydrogen-bond donors (Lipinski definition) is 3. The number of aromatic hydroxyl groups is 1. The van der Waals surface area contributed by atoms with E-state index >= 15 is 0 Å². The molecule has 0 atom stereocenters. The fourth-order valence-electron chi connectivity index (χ4n) is 2.04. The summed E-state index contributed by atoms with van der Waals surface area (Å²) in [5.74, 6) is -0.552. The van der Waals surface area contributed by atoms with Crippen molar-refractivity contribution in [2.45, 2.75) is 4.90 Å². The highest BCUT2D eigenvalue weighted by Gasteiger charge is 2.12. The van der Waals surface area contributed by atoms with Gasteiger partial charge in [0, 0.05) is 5.69 Å². The number of anilines is 1. The molecular weight excluding hydrogens is 358 g/mol. The van der Waals surface area contributed by atoms with Gasteiger partial charge in [0.2, 0.25) is 10.0 Å². The highest BCUT2D eigenvalue weighted by molar-refractivity contribution is 7.89. The summed E-state index contributed by atoms with van der Waals surface area (Å²) in [6.07, 6.45) is 1.30. The summed E-state index contributed by atoms with van der Waals surface area (Å²) in [4.78, 5) is 12.1. The number of phenolic OH excluding ortho intramolecular Hbond substituents is 1. The number of ether oxygens (including phenoxy) is 1. The normalized spacial score (nSPS) is 11.5. The molecule has 26 heavy (non-hydrogen) atoms. The molecule has 0 aliphatic carbocycles.